The summed E-state index contributed by atoms with van der Waals surface area (Å²) in [6.45, 7) is 2.04. The third-order valence-corrected chi connectivity index (χ3v) is 6.38. The summed E-state index contributed by atoms with van der Waals surface area (Å²) < 4.78 is 5.01. The highest BCUT2D eigenvalue weighted by atomic mass is 16.5. The molecule has 0 spiro atoms. The Labute approximate surface area is 213 Å². The number of carbonyl (C=O) groups is 3. The van der Waals surface area contributed by atoms with Gasteiger partial charge in [-0.2, -0.15) is 0 Å². The number of fused-ring (bicyclic) bond motifs is 1. The SMILES string of the molecule is CCOC(=O)Cc1ccc(N2C(=O)C(=O)/C(=C(\O)c3cccc4ccccc34)C2c2ccncc2)cc1. The minimum atomic E-state index is -0.863. The second kappa shape index (κ2) is 10.1. The Morgan fingerprint density at radius 1 is 0.946 bits per heavy atom. The monoisotopic (exact) mass is 492 g/mol. The molecule has 7 nitrogen and oxygen atoms in total. The molecule has 1 aromatic heterocycles. The zero-order valence-corrected chi connectivity index (χ0v) is 20.1. The average molecular weight is 493 g/mol. The van der Waals surface area contributed by atoms with Crippen molar-refractivity contribution in [2.24, 2.45) is 0 Å². The molecule has 1 atom stereocenters. The molecule has 0 aliphatic carbocycles. The van der Waals surface area contributed by atoms with Crippen LogP contribution in [0.3, 0.4) is 0 Å². The van der Waals surface area contributed by atoms with Gasteiger partial charge in [0.05, 0.1) is 24.6 Å². The lowest BCUT2D eigenvalue weighted by Crippen LogP contribution is -2.29. The van der Waals surface area contributed by atoms with Crippen LogP contribution in [0.4, 0.5) is 5.69 Å². The van der Waals surface area contributed by atoms with Crippen LogP contribution < -0.4 is 4.90 Å². The van der Waals surface area contributed by atoms with E-state index in [9.17, 15) is 19.5 Å². The van der Waals surface area contributed by atoms with Gasteiger partial charge in [-0.25, -0.2) is 0 Å². The van der Waals surface area contributed by atoms with Crippen LogP contribution in [0, 0.1) is 0 Å². The average Bonchev–Trinajstić information content (AvgIpc) is 3.19. The maximum Gasteiger partial charge on any atom is 0.310 e. The van der Waals surface area contributed by atoms with Crippen molar-refractivity contribution in [2.45, 2.75) is 19.4 Å². The minimum absolute atomic E-state index is 0.00292. The maximum atomic E-state index is 13.4. The lowest BCUT2D eigenvalue weighted by molar-refractivity contribution is -0.142. The van der Waals surface area contributed by atoms with Crippen LogP contribution >= 0.6 is 0 Å². The number of esters is 1. The van der Waals surface area contributed by atoms with Crippen molar-refractivity contribution < 1.29 is 24.2 Å². The van der Waals surface area contributed by atoms with Crippen molar-refractivity contribution in [1.29, 1.82) is 0 Å². The van der Waals surface area contributed by atoms with E-state index in [-0.39, 0.29) is 23.7 Å². The Morgan fingerprint density at radius 3 is 2.38 bits per heavy atom. The van der Waals surface area contributed by atoms with E-state index in [1.165, 1.54) is 4.90 Å². The van der Waals surface area contributed by atoms with Crippen LogP contribution in [0.25, 0.3) is 16.5 Å². The van der Waals surface area contributed by atoms with E-state index in [0.29, 0.717) is 23.4 Å². The van der Waals surface area contributed by atoms with E-state index in [1.807, 2.05) is 30.3 Å². The number of benzene rings is 3. The summed E-state index contributed by atoms with van der Waals surface area (Å²) in [5, 5.41) is 13.2. The van der Waals surface area contributed by atoms with Crippen LogP contribution in [0.15, 0.2) is 96.8 Å². The third-order valence-electron chi connectivity index (χ3n) is 6.38. The van der Waals surface area contributed by atoms with Gasteiger partial charge < -0.3 is 9.84 Å². The first-order chi connectivity index (χ1) is 18.0. The van der Waals surface area contributed by atoms with Crippen LogP contribution in [0.5, 0.6) is 0 Å². The van der Waals surface area contributed by atoms with Gasteiger partial charge >= 0.3 is 5.97 Å². The lowest BCUT2D eigenvalue weighted by Gasteiger charge is -2.25. The van der Waals surface area contributed by atoms with Crippen molar-refractivity contribution in [2.75, 3.05) is 11.5 Å². The molecule has 1 aliphatic heterocycles. The summed E-state index contributed by atoms with van der Waals surface area (Å²) in [5.41, 5.74) is 2.29. The topological polar surface area (TPSA) is 96.8 Å². The highest BCUT2D eigenvalue weighted by Crippen LogP contribution is 2.42. The van der Waals surface area contributed by atoms with Crippen molar-refractivity contribution in [3.05, 3.63) is 114 Å². The van der Waals surface area contributed by atoms with Gasteiger partial charge in [-0.15, -0.1) is 0 Å². The summed E-state index contributed by atoms with van der Waals surface area (Å²) in [5.74, 6) is -2.11. The number of rotatable bonds is 6. The summed E-state index contributed by atoms with van der Waals surface area (Å²) in [6, 6.07) is 22.4. The number of pyridine rings is 1. The Morgan fingerprint density at radius 2 is 1.65 bits per heavy atom. The molecular formula is C30H24N2O5. The van der Waals surface area contributed by atoms with Crippen molar-refractivity contribution in [3.63, 3.8) is 0 Å². The number of aromatic nitrogens is 1. The number of amides is 1. The second-order valence-electron chi connectivity index (χ2n) is 8.62. The summed E-state index contributed by atoms with van der Waals surface area (Å²) in [7, 11) is 0. The summed E-state index contributed by atoms with van der Waals surface area (Å²) in [4.78, 5) is 44.1. The smallest absolute Gasteiger partial charge is 0.310 e. The molecule has 1 aliphatic rings. The summed E-state index contributed by atoms with van der Waals surface area (Å²) >= 11 is 0. The highest BCUT2D eigenvalue weighted by molar-refractivity contribution is 6.51. The highest BCUT2D eigenvalue weighted by Gasteiger charge is 2.47. The van der Waals surface area contributed by atoms with Gasteiger partial charge in [-0.1, -0.05) is 54.6 Å². The zero-order chi connectivity index (χ0) is 25.9. The molecule has 3 aromatic carbocycles. The number of aliphatic hydroxyl groups is 1. The first-order valence-corrected chi connectivity index (χ1v) is 11.9. The lowest BCUT2D eigenvalue weighted by atomic mass is 9.93. The number of ether oxygens (including phenoxy) is 1. The molecule has 0 saturated carbocycles. The van der Waals surface area contributed by atoms with E-state index in [2.05, 4.69) is 4.98 Å². The van der Waals surface area contributed by atoms with Crippen LogP contribution in [0.1, 0.15) is 29.7 Å². The molecule has 0 bridgehead atoms. The first kappa shape index (κ1) is 23.9. The Kier molecular flexibility index (Phi) is 6.51. The summed E-state index contributed by atoms with van der Waals surface area (Å²) in [6.07, 6.45) is 3.26. The largest absolute Gasteiger partial charge is 0.507 e. The number of hydrogen-bond donors (Lipinski definition) is 1. The van der Waals surface area contributed by atoms with Gasteiger partial charge in [0.25, 0.3) is 11.7 Å². The molecule has 5 rings (SSSR count). The molecule has 4 aromatic rings. The maximum absolute atomic E-state index is 13.4. The first-order valence-electron chi connectivity index (χ1n) is 11.9. The number of carbonyl (C=O) groups excluding carboxylic acids is 3. The van der Waals surface area contributed by atoms with Gasteiger partial charge in [0.15, 0.2) is 0 Å². The van der Waals surface area contributed by atoms with E-state index in [0.717, 1.165) is 16.3 Å². The van der Waals surface area contributed by atoms with Crippen LogP contribution in [0.2, 0.25) is 0 Å². The molecule has 2 heterocycles. The zero-order valence-electron chi connectivity index (χ0n) is 20.1. The van der Waals surface area contributed by atoms with Crippen LogP contribution in [-0.4, -0.2) is 34.4 Å². The fourth-order valence-corrected chi connectivity index (χ4v) is 4.69. The Balaban J connectivity index is 1.63. The third kappa shape index (κ3) is 4.47. The molecule has 37 heavy (non-hydrogen) atoms. The number of Topliss-reactive ketones (excluding diaryl/α,β-unsaturated/α-hetero) is 1. The molecular weight excluding hydrogens is 468 g/mol. The minimum Gasteiger partial charge on any atom is -0.507 e. The molecule has 1 unspecified atom stereocenters. The van der Waals surface area contributed by atoms with Crippen LogP contribution in [-0.2, 0) is 25.5 Å². The number of nitrogens with zero attached hydrogens (tertiary/aromatic N) is 2. The normalized spacial score (nSPS) is 16.8. The predicted octanol–water partition coefficient (Wildman–Crippen LogP) is 4.97. The van der Waals surface area contributed by atoms with Crippen molar-refractivity contribution >= 4 is 39.9 Å². The molecule has 184 valence electrons. The van der Waals surface area contributed by atoms with Gasteiger partial charge in [-0.3, -0.25) is 24.3 Å². The van der Waals surface area contributed by atoms with Gasteiger partial charge in [0.2, 0.25) is 0 Å². The number of anilines is 1. The predicted molar refractivity (Wildman–Crippen MR) is 140 cm³/mol. The van der Waals surface area contributed by atoms with Gasteiger partial charge in [0.1, 0.15) is 5.76 Å². The van der Waals surface area contributed by atoms with Crippen molar-refractivity contribution in [1.82, 2.24) is 4.98 Å². The van der Waals surface area contributed by atoms with Crippen molar-refractivity contribution in [3.8, 4) is 0 Å². The number of hydrogen-bond acceptors (Lipinski definition) is 6. The second-order valence-corrected chi connectivity index (χ2v) is 8.62. The Hall–Kier alpha value is -4.78. The number of ketones is 1. The van der Waals surface area contributed by atoms with E-state index < -0.39 is 17.7 Å². The number of aliphatic hydroxyl groups excluding tert-OH is 1. The standard InChI is InChI=1S/C30H24N2O5/c1-2-37-25(33)18-19-10-12-22(13-11-19)32-27(21-14-16-31-17-15-21)26(29(35)30(32)36)28(34)24-9-5-7-20-6-3-4-8-23(20)24/h3-17,27,34H,2,18H2,1H3/b28-26-. The van der Waals surface area contributed by atoms with E-state index in [1.54, 1.807) is 67.8 Å². The molecule has 0 radical (unpaired) electrons. The Bertz CT molecular complexity index is 1520. The van der Waals surface area contributed by atoms with E-state index in [4.69, 9.17) is 4.74 Å². The van der Waals surface area contributed by atoms with Gasteiger partial charge in [0, 0.05) is 23.6 Å². The molecule has 7 heteroatoms. The molecule has 1 amide bonds. The quantitative estimate of drug-likeness (QED) is 0.177. The molecule has 1 saturated heterocycles. The molecule has 1 fully saturated rings. The van der Waals surface area contributed by atoms with E-state index >= 15 is 0 Å². The molecule has 1 N–H and O–H groups in total. The fourth-order valence-electron chi connectivity index (χ4n) is 4.69. The fraction of sp³-hybridized carbons (Fsp3) is 0.133. The van der Waals surface area contributed by atoms with Gasteiger partial charge in [-0.05, 0) is 53.1 Å².